The minimum atomic E-state index is -1.38. The van der Waals surface area contributed by atoms with Gasteiger partial charge in [-0.05, 0) is 26.7 Å². The molecule has 112 valence electrons. The monoisotopic (exact) mass is 274 g/mol. The van der Waals surface area contributed by atoms with Crippen molar-refractivity contribution in [2.45, 2.75) is 59.5 Å². The van der Waals surface area contributed by atoms with Gasteiger partial charge in [-0.1, -0.05) is 20.3 Å². The minimum Gasteiger partial charge on any atom is -0.465 e. The van der Waals surface area contributed by atoms with E-state index in [0.717, 1.165) is 0 Å². The second-order valence-corrected chi connectivity index (χ2v) is 4.54. The highest BCUT2D eigenvalue weighted by atomic mass is 16.6. The molecule has 1 atom stereocenters. The lowest BCUT2D eigenvalue weighted by atomic mass is 9.77. The van der Waals surface area contributed by atoms with Crippen LogP contribution in [0.4, 0.5) is 0 Å². The van der Waals surface area contributed by atoms with Gasteiger partial charge in [-0.15, -0.1) is 0 Å². The van der Waals surface area contributed by atoms with Crippen molar-refractivity contribution in [1.82, 2.24) is 0 Å². The number of ether oxygens (including phenoxy) is 2. The fourth-order valence-corrected chi connectivity index (χ4v) is 2.07. The Morgan fingerprint density at radius 1 is 1.05 bits per heavy atom. The van der Waals surface area contributed by atoms with E-state index in [-0.39, 0.29) is 19.6 Å². The summed E-state index contributed by atoms with van der Waals surface area (Å²) >= 11 is 0. The van der Waals surface area contributed by atoms with Crippen LogP contribution < -0.4 is 0 Å². The van der Waals surface area contributed by atoms with Crippen LogP contribution in [-0.2, 0) is 19.1 Å². The standard InChI is InChI=1S/C14H26O5/c1-5-9-14(10-11(15)6-2,12(16)18-7-3)13(17)19-8-4/h11,15H,5-10H2,1-4H3. The van der Waals surface area contributed by atoms with Gasteiger partial charge >= 0.3 is 11.9 Å². The van der Waals surface area contributed by atoms with E-state index in [1.54, 1.807) is 20.8 Å². The van der Waals surface area contributed by atoms with E-state index in [4.69, 9.17) is 9.47 Å². The number of hydrogen-bond donors (Lipinski definition) is 1. The van der Waals surface area contributed by atoms with E-state index < -0.39 is 23.5 Å². The number of carbonyl (C=O) groups excluding carboxylic acids is 2. The zero-order valence-corrected chi connectivity index (χ0v) is 12.4. The smallest absolute Gasteiger partial charge is 0.323 e. The van der Waals surface area contributed by atoms with Gasteiger partial charge in [0.2, 0.25) is 0 Å². The van der Waals surface area contributed by atoms with Crippen molar-refractivity contribution in [1.29, 1.82) is 0 Å². The lowest BCUT2D eigenvalue weighted by Gasteiger charge is -2.30. The average Bonchev–Trinajstić information content (AvgIpc) is 2.38. The zero-order valence-electron chi connectivity index (χ0n) is 12.4. The van der Waals surface area contributed by atoms with Crippen LogP contribution in [0.25, 0.3) is 0 Å². The van der Waals surface area contributed by atoms with Gasteiger partial charge < -0.3 is 14.6 Å². The first-order valence-corrected chi connectivity index (χ1v) is 7.00. The third kappa shape index (κ3) is 4.82. The van der Waals surface area contributed by atoms with Gasteiger partial charge in [0, 0.05) is 6.42 Å². The Labute approximate surface area is 115 Å². The molecule has 0 aliphatic rings. The number of carbonyl (C=O) groups is 2. The minimum absolute atomic E-state index is 0.0506. The van der Waals surface area contributed by atoms with E-state index in [1.165, 1.54) is 0 Å². The Morgan fingerprint density at radius 2 is 1.53 bits per heavy atom. The van der Waals surface area contributed by atoms with E-state index in [0.29, 0.717) is 19.3 Å². The van der Waals surface area contributed by atoms with Crippen molar-refractivity contribution in [2.75, 3.05) is 13.2 Å². The molecule has 0 saturated carbocycles. The van der Waals surface area contributed by atoms with Gasteiger partial charge in [0.25, 0.3) is 0 Å². The summed E-state index contributed by atoms with van der Waals surface area (Å²) < 4.78 is 10.0. The topological polar surface area (TPSA) is 72.8 Å². The normalized spacial score (nSPS) is 12.9. The molecule has 0 aliphatic carbocycles. The van der Waals surface area contributed by atoms with Crippen molar-refractivity contribution in [2.24, 2.45) is 5.41 Å². The number of aliphatic hydroxyl groups is 1. The predicted molar refractivity (Wildman–Crippen MR) is 71.5 cm³/mol. The van der Waals surface area contributed by atoms with Gasteiger partial charge in [0.15, 0.2) is 5.41 Å². The number of hydrogen-bond acceptors (Lipinski definition) is 5. The van der Waals surface area contributed by atoms with Crippen molar-refractivity contribution in [3.63, 3.8) is 0 Å². The molecule has 0 heterocycles. The quantitative estimate of drug-likeness (QED) is 0.514. The summed E-state index contributed by atoms with van der Waals surface area (Å²) in [6.45, 7) is 7.47. The molecule has 0 radical (unpaired) electrons. The highest BCUT2D eigenvalue weighted by Crippen LogP contribution is 2.34. The lowest BCUT2D eigenvalue weighted by molar-refractivity contribution is -0.175. The molecule has 0 spiro atoms. The number of rotatable bonds is 9. The maximum absolute atomic E-state index is 12.2. The van der Waals surface area contributed by atoms with Crippen LogP contribution in [0.1, 0.15) is 53.4 Å². The van der Waals surface area contributed by atoms with Gasteiger partial charge in [-0.25, -0.2) is 0 Å². The molecule has 5 nitrogen and oxygen atoms in total. The summed E-state index contributed by atoms with van der Waals surface area (Å²) in [5.41, 5.74) is -1.38. The van der Waals surface area contributed by atoms with E-state index in [2.05, 4.69) is 0 Å². The molecular weight excluding hydrogens is 248 g/mol. The van der Waals surface area contributed by atoms with Crippen LogP contribution >= 0.6 is 0 Å². The third-order valence-electron chi connectivity index (χ3n) is 3.06. The predicted octanol–water partition coefficient (Wildman–Crippen LogP) is 2.06. The van der Waals surface area contributed by atoms with Gasteiger partial charge in [0.1, 0.15) is 0 Å². The molecule has 1 unspecified atom stereocenters. The SMILES string of the molecule is CCCC(CC(O)CC)(C(=O)OCC)C(=O)OCC. The van der Waals surface area contributed by atoms with Crippen molar-refractivity contribution >= 4 is 11.9 Å². The van der Waals surface area contributed by atoms with Crippen LogP contribution in [0.5, 0.6) is 0 Å². The molecule has 0 bridgehead atoms. The first kappa shape index (κ1) is 17.9. The van der Waals surface area contributed by atoms with Crippen molar-refractivity contribution in [3.8, 4) is 0 Å². The van der Waals surface area contributed by atoms with Crippen LogP contribution in [0.2, 0.25) is 0 Å². The summed E-state index contributed by atoms with van der Waals surface area (Å²) in [6, 6.07) is 0. The Bertz CT molecular complexity index is 270. The molecule has 19 heavy (non-hydrogen) atoms. The maximum atomic E-state index is 12.2. The number of esters is 2. The van der Waals surface area contributed by atoms with E-state index in [1.807, 2.05) is 6.92 Å². The van der Waals surface area contributed by atoms with Crippen LogP contribution in [0.3, 0.4) is 0 Å². The summed E-state index contributed by atoms with van der Waals surface area (Å²) in [5, 5.41) is 9.84. The Balaban J connectivity index is 5.31. The van der Waals surface area contributed by atoms with Gasteiger partial charge in [0.05, 0.1) is 19.3 Å². The highest BCUT2D eigenvalue weighted by Gasteiger charge is 2.49. The molecular formula is C14H26O5. The Hall–Kier alpha value is -1.10. The first-order valence-electron chi connectivity index (χ1n) is 7.00. The van der Waals surface area contributed by atoms with Crippen LogP contribution in [0.15, 0.2) is 0 Å². The first-order chi connectivity index (χ1) is 8.98. The summed E-state index contributed by atoms with van der Waals surface area (Å²) in [4.78, 5) is 24.4. The van der Waals surface area contributed by atoms with Crippen LogP contribution in [-0.4, -0.2) is 36.4 Å². The third-order valence-corrected chi connectivity index (χ3v) is 3.06. The van der Waals surface area contributed by atoms with Gasteiger partial charge in [-0.2, -0.15) is 0 Å². The largest absolute Gasteiger partial charge is 0.465 e. The Kier molecular flexibility index (Phi) is 8.39. The summed E-state index contributed by atoms with van der Waals surface area (Å²) in [7, 11) is 0. The molecule has 1 N–H and O–H groups in total. The molecule has 0 amide bonds. The molecule has 5 heteroatoms. The highest BCUT2D eigenvalue weighted by molar-refractivity contribution is 6.00. The van der Waals surface area contributed by atoms with E-state index >= 15 is 0 Å². The number of aliphatic hydroxyl groups excluding tert-OH is 1. The Morgan fingerprint density at radius 3 is 1.84 bits per heavy atom. The molecule has 0 rings (SSSR count). The second-order valence-electron chi connectivity index (χ2n) is 4.54. The lowest BCUT2D eigenvalue weighted by Crippen LogP contribution is -2.44. The maximum Gasteiger partial charge on any atom is 0.323 e. The van der Waals surface area contributed by atoms with Crippen molar-refractivity contribution in [3.05, 3.63) is 0 Å². The molecule has 0 aromatic carbocycles. The van der Waals surface area contributed by atoms with Crippen molar-refractivity contribution < 1.29 is 24.2 Å². The second kappa shape index (κ2) is 8.91. The van der Waals surface area contributed by atoms with Gasteiger partial charge in [-0.3, -0.25) is 9.59 Å². The molecule has 0 aromatic heterocycles. The summed E-state index contributed by atoms with van der Waals surface area (Å²) in [5.74, 6) is -1.19. The molecule has 0 aromatic rings. The average molecular weight is 274 g/mol. The van der Waals surface area contributed by atoms with E-state index in [9.17, 15) is 14.7 Å². The van der Waals surface area contributed by atoms with Crippen LogP contribution in [0, 0.1) is 5.41 Å². The summed E-state index contributed by atoms with van der Waals surface area (Å²) in [6.07, 6.45) is 0.759. The molecule has 0 aliphatic heterocycles. The fraction of sp³-hybridized carbons (Fsp3) is 0.857. The molecule has 0 fully saturated rings. The fourth-order valence-electron chi connectivity index (χ4n) is 2.07. The molecule has 0 saturated heterocycles. The zero-order chi connectivity index (χ0) is 14.9.